The Kier molecular flexibility index (Phi) is 5.84. The molecule has 0 saturated carbocycles. The first kappa shape index (κ1) is 13.8. The second-order valence-electron chi connectivity index (χ2n) is 4.67. The van der Waals surface area contributed by atoms with Gasteiger partial charge in [-0.05, 0) is 44.3 Å². The maximum Gasteiger partial charge on any atom is 0.0365 e. The third-order valence-corrected chi connectivity index (χ3v) is 3.04. The molecule has 0 radical (unpaired) electrons. The molecule has 0 atom stereocenters. The van der Waals surface area contributed by atoms with Crippen LogP contribution in [0.5, 0.6) is 0 Å². The molecular weight excluding hydrogens is 210 g/mol. The minimum Gasteiger partial charge on any atom is -0.399 e. The highest BCUT2D eigenvalue weighted by molar-refractivity contribution is 5.52. The highest BCUT2D eigenvalue weighted by atomic mass is 15.2. The first-order valence-electron chi connectivity index (χ1n) is 6.38. The molecule has 3 nitrogen and oxygen atoms in total. The molecule has 0 saturated heterocycles. The van der Waals surface area contributed by atoms with E-state index in [-0.39, 0.29) is 0 Å². The number of unbranched alkanes of at least 4 members (excludes halogenated alkanes) is 1. The van der Waals surface area contributed by atoms with Gasteiger partial charge in [0.2, 0.25) is 0 Å². The lowest BCUT2D eigenvalue weighted by molar-refractivity contribution is 0.335. The van der Waals surface area contributed by atoms with Gasteiger partial charge in [-0.2, -0.15) is 0 Å². The summed E-state index contributed by atoms with van der Waals surface area (Å²) in [7, 11) is 4.31. The van der Waals surface area contributed by atoms with Gasteiger partial charge in [0, 0.05) is 31.5 Å². The molecule has 0 spiro atoms. The molecule has 0 aliphatic rings. The van der Waals surface area contributed by atoms with Gasteiger partial charge in [-0.3, -0.25) is 0 Å². The van der Waals surface area contributed by atoms with Crippen molar-refractivity contribution in [3.63, 3.8) is 0 Å². The fraction of sp³-hybridized carbons (Fsp3) is 0.571. The van der Waals surface area contributed by atoms with Gasteiger partial charge in [0.05, 0.1) is 0 Å². The molecule has 0 heterocycles. The molecule has 0 fully saturated rings. The summed E-state index contributed by atoms with van der Waals surface area (Å²) in [6.45, 7) is 5.56. The van der Waals surface area contributed by atoms with Gasteiger partial charge in [-0.1, -0.05) is 13.3 Å². The Morgan fingerprint density at radius 2 is 1.65 bits per heavy atom. The lowest BCUT2D eigenvalue weighted by atomic mass is 10.2. The third kappa shape index (κ3) is 5.09. The second-order valence-corrected chi connectivity index (χ2v) is 4.67. The van der Waals surface area contributed by atoms with Gasteiger partial charge in [-0.15, -0.1) is 0 Å². The predicted octanol–water partition coefficient (Wildman–Crippen LogP) is 2.44. The van der Waals surface area contributed by atoms with E-state index in [1.807, 2.05) is 12.1 Å². The van der Waals surface area contributed by atoms with Crippen molar-refractivity contribution in [2.75, 3.05) is 44.4 Å². The van der Waals surface area contributed by atoms with Crippen molar-refractivity contribution in [3.8, 4) is 0 Å². The summed E-state index contributed by atoms with van der Waals surface area (Å²) in [4.78, 5) is 4.65. The maximum absolute atomic E-state index is 5.68. The zero-order valence-corrected chi connectivity index (χ0v) is 11.3. The molecule has 1 rings (SSSR count). The van der Waals surface area contributed by atoms with Crippen molar-refractivity contribution < 1.29 is 0 Å². The van der Waals surface area contributed by atoms with Gasteiger partial charge in [0.15, 0.2) is 0 Å². The van der Waals surface area contributed by atoms with E-state index in [9.17, 15) is 0 Å². The van der Waals surface area contributed by atoms with Crippen LogP contribution in [-0.4, -0.2) is 38.6 Å². The number of nitrogens with zero attached hydrogens (tertiary/aromatic N) is 2. The Morgan fingerprint density at radius 1 is 1.00 bits per heavy atom. The number of rotatable bonds is 7. The molecule has 1 aromatic rings. The molecule has 96 valence electrons. The predicted molar refractivity (Wildman–Crippen MR) is 76.5 cm³/mol. The fourth-order valence-electron chi connectivity index (χ4n) is 1.72. The van der Waals surface area contributed by atoms with E-state index in [4.69, 9.17) is 5.73 Å². The Balaban J connectivity index is 2.34. The minimum absolute atomic E-state index is 0.821. The topological polar surface area (TPSA) is 32.5 Å². The molecule has 0 aliphatic heterocycles. The third-order valence-electron chi connectivity index (χ3n) is 3.04. The van der Waals surface area contributed by atoms with Crippen molar-refractivity contribution in [1.29, 1.82) is 0 Å². The number of benzene rings is 1. The van der Waals surface area contributed by atoms with Crippen molar-refractivity contribution in [2.24, 2.45) is 0 Å². The molecule has 0 amide bonds. The van der Waals surface area contributed by atoms with E-state index in [2.05, 4.69) is 43.0 Å². The van der Waals surface area contributed by atoms with Gasteiger partial charge >= 0.3 is 0 Å². The number of hydrogen-bond acceptors (Lipinski definition) is 3. The Morgan fingerprint density at radius 3 is 2.24 bits per heavy atom. The zero-order valence-electron chi connectivity index (χ0n) is 11.3. The molecule has 0 bridgehead atoms. The van der Waals surface area contributed by atoms with Crippen LogP contribution in [0.2, 0.25) is 0 Å². The number of anilines is 2. The number of nitrogens with two attached hydrogens (primary N) is 1. The molecular formula is C14H25N3. The van der Waals surface area contributed by atoms with E-state index in [1.165, 1.54) is 25.1 Å². The molecule has 0 unspecified atom stereocenters. The summed E-state index contributed by atoms with van der Waals surface area (Å²) in [5, 5.41) is 0. The lowest BCUT2D eigenvalue weighted by Crippen LogP contribution is -2.31. The van der Waals surface area contributed by atoms with Gasteiger partial charge in [0.25, 0.3) is 0 Å². The van der Waals surface area contributed by atoms with E-state index in [1.54, 1.807) is 0 Å². The van der Waals surface area contributed by atoms with Crippen LogP contribution >= 0.6 is 0 Å². The zero-order chi connectivity index (χ0) is 12.7. The average molecular weight is 235 g/mol. The van der Waals surface area contributed by atoms with E-state index >= 15 is 0 Å². The second kappa shape index (κ2) is 7.17. The van der Waals surface area contributed by atoms with Crippen molar-refractivity contribution in [2.45, 2.75) is 19.8 Å². The van der Waals surface area contributed by atoms with Crippen molar-refractivity contribution in [1.82, 2.24) is 4.90 Å². The van der Waals surface area contributed by atoms with E-state index in [0.717, 1.165) is 18.8 Å². The standard InChI is InChI=1S/C14H25N3/c1-4-5-10-16(2)11-12-17(3)14-8-6-13(15)7-9-14/h6-9H,4-5,10-12,15H2,1-3H3. The molecule has 0 aromatic heterocycles. The van der Waals surface area contributed by atoms with Crippen LogP contribution in [0.3, 0.4) is 0 Å². The maximum atomic E-state index is 5.68. The Hall–Kier alpha value is -1.22. The lowest BCUT2D eigenvalue weighted by Gasteiger charge is -2.23. The first-order chi connectivity index (χ1) is 8.13. The number of nitrogen functional groups attached to an aromatic ring is 1. The molecule has 0 aliphatic carbocycles. The van der Waals surface area contributed by atoms with E-state index in [0.29, 0.717) is 0 Å². The summed E-state index contributed by atoms with van der Waals surface area (Å²) in [6, 6.07) is 8.04. The fourth-order valence-corrected chi connectivity index (χ4v) is 1.72. The molecule has 2 N–H and O–H groups in total. The van der Waals surface area contributed by atoms with Crippen LogP contribution in [0.4, 0.5) is 11.4 Å². The number of hydrogen-bond donors (Lipinski definition) is 1. The highest BCUT2D eigenvalue weighted by Crippen LogP contribution is 2.14. The number of likely N-dealkylation sites (N-methyl/N-ethyl adjacent to an activating group) is 2. The van der Waals surface area contributed by atoms with Crippen molar-refractivity contribution in [3.05, 3.63) is 24.3 Å². The quantitative estimate of drug-likeness (QED) is 0.737. The van der Waals surface area contributed by atoms with Crippen LogP contribution < -0.4 is 10.6 Å². The van der Waals surface area contributed by atoms with Crippen LogP contribution in [-0.2, 0) is 0 Å². The highest BCUT2D eigenvalue weighted by Gasteiger charge is 2.02. The first-order valence-corrected chi connectivity index (χ1v) is 6.38. The summed E-state index contributed by atoms with van der Waals surface area (Å²) >= 11 is 0. The largest absolute Gasteiger partial charge is 0.399 e. The van der Waals surface area contributed by atoms with Crippen LogP contribution in [0, 0.1) is 0 Å². The monoisotopic (exact) mass is 235 g/mol. The smallest absolute Gasteiger partial charge is 0.0365 e. The molecule has 1 aromatic carbocycles. The van der Waals surface area contributed by atoms with Gasteiger partial charge in [0.1, 0.15) is 0 Å². The van der Waals surface area contributed by atoms with Gasteiger partial charge in [-0.25, -0.2) is 0 Å². The minimum atomic E-state index is 0.821. The normalized spacial score (nSPS) is 10.8. The Bertz CT molecular complexity index is 308. The van der Waals surface area contributed by atoms with Crippen molar-refractivity contribution >= 4 is 11.4 Å². The van der Waals surface area contributed by atoms with E-state index < -0.39 is 0 Å². The summed E-state index contributed by atoms with van der Waals surface area (Å²) in [6.07, 6.45) is 2.54. The SMILES string of the molecule is CCCCN(C)CCN(C)c1ccc(N)cc1. The summed E-state index contributed by atoms with van der Waals surface area (Å²) in [5.41, 5.74) is 7.72. The van der Waals surface area contributed by atoms with Crippen LogP contribution in [0.15, 0.2) is 24.3 Å². The van der Waals surface area contributed by atoms with Crippen LogP contribution in [0.25, 0.3) is 0 Å². The Labute approximate surface area is 105 Å². The average Bonchev–Trinajstić information content (AvgIpc) is 2.34. The molecule has 3 heteroatoms. The summed E-state index contributed by atoms with van der Waals surface area (Å²) < 4.78 is 0. The van der Waals surface area contributed by atoms with Crippen LogP contribution in [0.1, 0.15) is 19.8 Å². The van der Waals surface area contributed by atoms with Gasteiger partial charge < -0.3 is 15.5 Å². The summed E-state index contributed by atoms with van der Waals surface area (Å²) in [5.74, 6) is 0. The molecule has 17 heavy (non-hydrogen) atoms.